The van der Waals surface area contributed by atoms with E-state index in [2.05, 4.69) is 10.1 Å². The summed E-state index contributed by atoms with van der Waals surface area (Å²) in [4.78, 5) is 58.1. The maximum atomic E-state index is 12.7. The van der Waals surface area contributed by atoms with Gasteiger partial charge in [0.1, 0.15) is 11.8 Å². The van der Waals surface area contributed by atoms with Crippen molar-refractivity contribution >= 4 is 29.8 Å². The molecule has 2 aromatic rings. The van der Waals surface area contributed by atoms with Gasteiger partial charge in [-0.3, -0.25) is 19.2 Å². The van der Waals surface area contributed by atoms with Crippen LogP contribution in [0, 0.1) is 0 Å². The summed E-state index contributed by atoms with van der Waals surface area (Å²) in [6.45, 7) is 0. The number of esters is 2. The van der Waals surface area contributed by atoms with Crippen molar-refractivity contribution in [3.8, 4) is 16.9 Å². The molecule has 0 saturated carbocycles. The first kappa shape index (κ1) is 24.4. The van der Waals surface area contributed by atoms with Crippen molar-refractivity contribution in [1.29, 1.82) is 0 Å². The molecule has 34 heavy (non-hydrogen) atoms. The van der Waals surface area contributed by atoms with Gasteiger partial charge in [0.2, 0.25) is 5.91 Å². The molecule has 2 aromatic carbocycles. The Morgan fingerprint density at radius 1 is 0.941 bits per heavy atom. The van der Waals surface area contributed by atoms with Crippen LogP contribution in [0.4, 0.5) is 0 Å². The Morgan fingerprint density at radius 3 is 2.32 bits per heavy atom. The maximum absolute atomic E-state index is 12.7. The largest absolute Gasteiger partial charge is 0.481 e. The minimum absolute atomic E-state index is 0.0628. The highest BCUT2D eigenvalue weighted by atomic mass is 16.5. The molecule has 0 bridgehead atoms. The van der Waals surface area contributed by atoms with E-state index in [0.717, 1.165) is 29.4 Å². The molecule has 0 fully saturated rings. The van der Waals surface area contributed by atoms with Gasteiger partial charge in [-0.1, -0.05) is 30.3 Å². The Labute approximate surface area is 194 Å². The fourth-order valence-corrected chi connectivity index (χ4v) is 3.85. The number of methoxy groups -OCH3 is 1. The van der Waals surface area contributed by atoms with Crippen molar-refractivity contribution in [2.24, 2.45) is 0 Å². The van der Waals surface area contributed by atoms with Crippen LogP contribution in [-0.2, 0) is 28.7 Å². The second-order valence-electron chi connectivity index (χ2n) is 7.70. The van der Waals surface area contributed by atoms with E-state index in [1.165, 1.54) is 0 Å². The number of benzene rings is 2. The highest BCUT2D eigenvalue weighted by Crippen LogP contribution is 2.47. The summed E-state index contributed by atoms with van der Waals surface area (Å²) in [5.74, 6) is -4.55. The highest BCUT2D eigenvalue weighted by Gasteiger charge is 2.32. The van der Waals surface area contributed by atoms with Crippen LogP contribution in [0.15, 0.2) is 42.5 Å². The minimum Gasteiger partial charge on any atom is -0.481 e. The molecule has 10 nitrogen and oxygen atoms in total. The number of hydrogen-bond acceptors (Lipinski definition) is 7. The first-order valence-corrected chi connectivity index (χ1v) is 10.4. The summed E-state index contributed by atoms with van der Waals surface area (Å²) < 4.78 is 9.74. The summed E-state index contributed by atoms with van der Waals surface area (Å²) >= 11 is 0. The first-order chi connectivity index (χ1) is 16.2. The molecule has 0 radical (unpaired) electrons. The quantitative estimate of drug-likeness (QED) is 0.350. The SMILES string of the molecule is COC(=O)C[C@H](NC(=O)CC1c2ccccc2-c2cc(OC(=O)CCC(=O)O)ccc21)C(=O)O. The predicted octanol–water partition coefficient (Wildman–Crippen LogP) is 2.09. The van der Waals surface area contributed by atoms with Crippen molar-refractivity contribution in [2.75, 3.05) is 7.11 Å². The molecule has 2 atom stereocenters. The minimum atomic E-state index is -1.41. The molecule has 1 amide bonds. The van der Waals surface area contributed by atoms with Gasteiger partial charge >= 0.3 is 23.9 Å². The Balaban J connectivity index is 1.79. The molecule has 3 rings (SSSR count). The van der Waals surface area contributed by atoms with Crippen molar-refractivity contribution < 1.29 is 43.7 Å². The molecule has 0 aromatic heterocycles. The number of ether oxygens (including phenoxy) is 2. The number of carbonyl (C=O) groups is 5. The Bertz CT molecular complexity index is 1140. The zero-order valence-corrected chi connectivity index (χ0v) is 18.3. The van der Waals surface area contributed by atoms with E-state index >= 15 is 0 Å². The third-order valence-electron chi connectivity index (χ3n) is 5.42. The smallest absolute Gasteiger partial charge is 0.326 e. The summed E-state index contributed by atoms with van der Waals surface area (Å²) in [5.41, 5.74) is 3.23. The van der Waals surface area contributed by atoms with E-state index in [1.54, 1.807) is 18.2 Å². The molecule has 0 spiro atoms. The summed E-state index contributed by atoms with van der Waals surface area (Å²) in [6.07, 6.45) is -1.15. The fourth-order valence-electron chi connectivity index (χ4n) is 3.85. The van der Waals surface area contributed by atoms with Gasteiger partial charge in [0, 0.05) is 12.3 Å². The topological polar surface area (TPSA) is 156 Å². The van der Waals surface area contributed by atoms with Gasteiger partial charge in [0.05, 0.1) is 26.4 Å². The lowest BCUT2D eigenvalue weighted by molar-refractivity contribution is -0.148. The molecule has 10 heteroatoms. The average molecular weight is 469 g/mol. The van der Waals surface area contributed by atoms with E-state index in [9.17, 15) is 29.1 Å². The lowest BCUT2D eigenvalue weighted by Gasteiger charge is -2.17. The summed E-state index contributed by atoms with van der Waals surface area (Å²) in [7, 11) is 1.13. The number of nitrogens with one attached hydrogen (secondary N) is 1. The third kappa shape index (κ3) is 5.77. The number of carbonyl (C=O) groups excluding carboxylic acids is 3. The number of amides is 1. The third-order valence-corrected chi connectivity index (χ3v) is 5.42. The number of hydrogen-bond donors (Lipinski definition) is 3. The second-order valence-corrected chi connectivity index (χ2v) is 7.70. The molecule has 1 aliphatic carbocycles. The van der Waals surface area contributed by atoms with Crippen LogP contribution in [-0.4, -0.2) is 53.1 Å². The van der Waals surface area contributed by atoms with Crippen molar-refractivity contribution in [2.45, 2.75) is 37.6 Å². The lowest BCUT2D eigenvalue weighted by atomic mass is 9.93. The van der Waals surface area contributed by atoms with Gasteiger partial charge in [-0.25, -0.2) is 4.79 Å². The summed E-state index contributed by atoms with van der Waals surface area (Å²) in [5, 5.41) is 20.4. The maximum Gasteiger partial charge on any atom is 0.326 e. The highest BCUT2D eigenvalue weighted by molar-refractivity contribution is 5.89. The van der Waals surface area contributed by atoms with Crippen LogP contribution in [0.2, 0.25) is 0 Å². The normalized spacial score (nSPS) is 14.3. The first-order valence-electron chi connectivity index (χ1n) is 10.4. The second kappa shape index (κ2) is 10.6. The fraction of sp³-hybridized carbons (Fsp3) is 0.292. The van der Waals surface area contributed by atoms with Crippen LogP contribution in [0.25, 0.3) is 11.1 Å². The van der Waals surface area contributed by atoms with Crippen LogP contribution in [0.1, 0.15) is 42.7 Å². The zero-order valence-electron chi connectivity index (χ0n) is 18.3. The molecule has 1 unspecified atom stereocenters. The number of fused-ring (bicyclic) bond motifs is 3. The number of carboxylic acids is 2. The van der Waals surface area contributed by atoms with Gasteiger partial charge in [-0.2, -0.15) is 0 Å². The Morgan fingerprint density at radius 2 is 1.65 bits per heavy atom. The molecule has 178 valence electrons. The number of carboxylic acid groups (broad SMARTS) is 2. The van der Waals surface area contributed by atoms with Crippen molar-refractivity contribution in [1.82, 2.24) is 5.32 Å². The van der Waals surface area contributed by atoms with Gasteiger partial charge in [0.25, 0.3) is 0 Å². The van der Waals surface area contributed by atoms with Crippen LogP contribution < -0.4 is 10.1 Å². The van der Waals surface area contributed by atoms with E-state index in [-0.39, 0.29) is 30.9 Å². The molecule has 0 saturated heterocycles. The standard InChI is InChI=1S/C24H23NO9/c1-33-23(30)12-19(24(31)32)25-20(26)11-18-15-5-3-2-4-14(15)17-10-13(6-7-16(17)18)34-22(29)9-8-21(27)28/h2-7,10,18-19H,8-9,11-12H2,1H3,(H,25,26)(H,27,28)(H,31,32)/t18?,19-/m0/s1. The van der Waals surface area contributed by atoms with Gasteiger partial charge in [0.15, 0.2) is 0 Å². The number of rotatable bonds is 10. The van der Waals surface area contributed by atoms with Crippen LogP contribution in [0.5, 0.6) is 5.75 Å². The molecule has 0 aliphatic heterocycles. The van der Waals surface area contributed by atoms with Crippen molar-refractivity contribution in [3.05, 3.63) is 53.6 Å². The summed E-state index contributed by atoms with van der Waals surface area (Å²) in [6, 6.07) is 10.9. The van der Waals surface area contributed by atoms with Crippen molar-refractivity contribution in [3.63, 3.8) is 0 Å². The molecular formula is C24H23NO9. The predicted molar refractivity (Wildman–Crippen MR) is 117 cm³/mol. The molecule has 0 heterocycles. The Hall–Kier alpha value is -4.21. The van der Waals surface area contributed by atoms with E-state index in [1.807, 2.05) is 24.3 Å². The van der Waals surface area contributed by atoms with Crippen LogP contribution >= 0.6 is 0 Å². The molecule has 1 aliphatic rings. The van der Waals surface area contributed by atoms with E-state index in [0.29, 0.717) is 0 Å². The molecular weight excluding hydrogens is 446 g/mol. The van der Waals surface area contributed by atoms with Gasteiger partial charge < -0.3 is 25.0 Å². The average Bonchev–Trinajstić information content (AvgIpc) is 3.10. The Kier molecular flexibility index (Phi) is 7.62. The van der Waals surface area contributed by atoms with E-state index < -0.39 is 42.2 Å². The number of aliphatic carboxylic acids is 2. The zero-order chi connectivity index (χ0) is 24.8. The van der Waals surface area contributed by atoms with Gasteiger partial charge in [-0.15, -0.1) is 0 Å². The molecule has 3 N–H and O–H groups in total. The van der Waals surface area contributed by atoms with Crippen LogP contribution in [0.3, 0.4) is 0 Å². The van der Waals surface area contributed by atoms with E-state index in [4.69, 9.17) is 9.84 Å². The monoisotopic (exact) mass is 469 g/mol. The lowest BCUT2D eigenvalue weighted by Crippen LogP contribution is -2.42. The van der Waals surface area contributed by atoms with Gasteiger partial charge in [-0.05, 0) is 34.4 Å².